The number of Topliss-reactive ketones (excluding diaryl/α,β-unsaturated/α-hetero) is 1. The van der Waals surface area contributed by atoms with Crippen molar-refractivity contribution in [1.82, 2.24) is 5.32 Å². The lowest BCUT2D eigenvalue weighted by molar-refractivity contribution is -0.118. The van der Waals surface area contributed by atoms with Crippen LogP contribution in [0.5, 0.6) is 0 Å². The monoisotopic (exact) mass is 281 g/mol. The van der Waals surface area contributed by atoms with E-state index in [2.05, 4.69) is 21.2 Å². The molecule has 1 fully saturated rings. The number of hydrogen-bond donors (Lipinski definition) is 1. The van der Waals surface area contributed by atoms with Gasteiger partial charge in [0.05, 0.1) is 0 Å². The van der Waals surface area contributed by atoms with Gasteiger partial charge < -0.3 is 5.32 Å². The number of hydrogen-bond acceptors (Lipinski definition) is 2. The number of carbonyl (C=O) groups excluding carboxylic acids is 1. The third kappa shape index (κ3) is 3.16. The van der Waals surface area contributed by atoms with Crippen LogP contribution in [0.1, 0.15) is 24.8 Å². The first kappa shape index (κ1) is 11.8. The highest BCUT2D eigenvalue weighted by Crippen LogP contribution is 2.18. The van der Waals surface area contributed by atoms with E-state index in [-0.39, 0.29) is 0 Å². The van der Waals surface area contributed by atoms with Gasteiger partial charge in [0.2, 0.25) is 0 Å². The Morgan fingerprint density at radius 2 is 2.25 bits per heavy atom. The number of carbonyl (C=O) groups is 1. The highest BCUT2D eigenvalue weighted by atomic mass is 79.9. The molecule has 3 heteroatoms. The predicted molar refractivity (Wildman–Crippen MR) is 68.5 cm³/mol. The molecule has 0 amide bonds. The minimum atomic E-state index is 0.325. The second-order valence-electron chi connectivity index (χ2n) is 4.30. The number of rotatable bonds is 4. The van der Waals surface area contributed by atoms with Crippen molar-refractivity contribution in [2.24, 2.45) is 0 Å². The SMILES string of the molecule is O=C(Cc1ccccc1Br)CC1CCCN1. The molecule has 16 heavy (non-hydrogen) atoms. The fraction of sp³-hybridized carbons (Fsp3) is 0.462. The van der Waals surface area contributed by atoms with Crippen molar-refractivity contribution >= 4 is 21.7 Å². The van der Waals surface area contributed by atoms with E-state index in [0.29, 0.717) is 24.7 Å². The van der Waals surface area contributed by atoms with E-state index in [1.807, 2.05) is 24.3 Å². The fourth-order valence-electron chi connectivity index (χ4n) is 2.13. The molecule has 1 aromatic carbocycles. The Morgan fingerprint density at radius 3 is 2.94 bits per heavy atom. The summed E-state index contributed by atoms with van der Waals surface area (Å²) in [6, 6.07) is 8.34. The Kier molecular flexibility index (Phi) is 4.13. The highest BCUT2D eigenvalue weighted by molar-refractivity contribution is 9.10. The summed E-state index contributed by atoms with van der Waals surface area (Å²) >= 11 is 3.47. The minimum Gasteiger partial charge on any atom is -0.314 e. The van der Waals surface area contributed by atoms with Gasteiger partial charge in [-0.2, -0.15) is 0 Å². The van der Waals surface area contributed by atoms with Gasteiger partial charge in [-0.05, 0) is 31.0 Å². The van der Waals surface area contributed by atoms with Crippen LogP contribution in [0.3, 0.4) is 0 Å². The Hall–Kier alpha value is -0.670. The molecule has 1 aromatic rings. The minimum absolute atomic E-state index is 0.325. The summed E-state index contributed by atoms with van der Waals surface area (Å²) in [5, 5.41) is 3.36. The second kappa shape index (κ2) is 5.60. The number of benzene rings is 1. The quantitative estimate of drug-likeness (QED) is 0.920. The molecular formula is C13H16BrNO. The van der Waals surface area contributed by atoms with Crippen molar-refractivity contribution in [3.8, 4) is 0 Å². The molecule has 0 spiro atoms. The summed E-state index contributed by atoms with van der Waals surface area (Å²) in [6.07, 6.45) is 3.55. The highest BCUT2D eigenvalue weighted by Gasteiger charge is 2.17. The average Bonchev–Trinajstić information content (AvgIpc) is 2.74. The third-order valence-electron chi connectivity index (χ3n) is 2.98. The molecule has 1 unspecified atom stereocenters. The van der Waals surface area contributed by atoms with Crippen LogP contribution in [0.25, 0.3) is 0 Å². The zero-order chi connectivity index (χ0) is 11.4. The molecule has 1 aliphatic rings. The van der Waals surface area contributed by atoms with Gasteiger partial charge in [0.25, 0.3) is 0 Å². The summed E-state index contributed by atoms with van der Waals surface area (Å²) in [5.74, 6) is 0.325. The summed E-state index contributed by atoms with van der Waals surface area (Å²) in [6.45, 7) is 1.06. The lowest BCUT2D eigenvalue weighted by Gasteiger charge is -2.09. The van der Waals surface area contributed by atoms with Crippen LogP contribution in [0.4, 0.5) is 0 Å². The zero-order valence-electron chi connectivity index (χ0n) is 9.21. The molecule has 0 aliphatic carbocycles. The van der Waals surface area contributed by atoms with Gasteiger partial charge in [-0.1, -0.05) is 34.1 Å². The van der Waals surface area contributed by atoms with E-state index in [9.17, 15) is 4.79 Å². The molecule has 1 heterocycles. The van der Waals surface area contributed by atoms with Gasteiger partial charge >= 0.3 is 0 Å². The maximum Gasteiger partial charge on any atom is 0.138 e. The van der Waals surface area contributed by atoms with Crippen LogP contribution in [0, 0.1) is 0 Å². The number of nitrogens with one attached hydrogen (secondary N) is 1. The topological polar surface area (TPSA) is 29.1 Å². The average molecular weight is 282 g/mol. The first-order chi connectivity index (χ1) is 7.75. The summed E-state index contributed by atoms with van der Waals surface area (Å²) in [7, 11) is 0. The van der Waals surface area contributed by atoms with E-state index in [1.54, 1.807) is 0 Å². The molecule has 1 aliphatic heterocycles. The van der Waals surface area contributed by atoms with E-state index < -0.39 is 0 Å². The van der Waals surface area contributed by atoms with E-state index in [0.717, 1.165) is 23.0 Å². The van der Waals surface area contributed by atoms with Gasteiger partial charge in [0, 0.05) is 23.4 Å². The number of ketones is 1. The van der Waals surface area contributed by atoms with Crippen LogP contribution >= 0.6 is 15.9 Å². The van der Waals surface area contributed by atoms with E-state index >= 15 is 0 Å². The smallest absolute Gasteiger partial charge is 0.138 e. The maximum atomic E-state index is 11.9. The Labute approximate surface area is 105 Å². The zero-order valence-corrected chi connectivity index (χ0v) is 10.8. The molecule has 1 saturated heterocycles. The summed E-state index contributed by atoms with van der Waals surface area (Å²) < 4.78 is 1.03. The van der Waals surface area contributed by atoms with Crippen molar-refractivity contribution in [3.05, 3.63) is 34.3 Å². The van der Waals surface area contributed by atoms with Crippen molar-refractivity contribution in [3.63, 3.8) is 0 Å². The normalized spacial score (nSPS) is 19.9. The maximum absolute atomic E-state index is 11.9. The molecule has 0 radical (unpaired) electrons. The molecular weight excluding hydrogens is 266 g/mol. The molecule has 1 N–H and O–H groups in total. The molecule has 0 saturated carbocycles. The molecule has 86 valence electrons. The lowest BCUT2D eigenvalue weighted by Crippen LogP contribution is -2.25. The van der Waals surface area contributed by atoms with Crippen LogP contribution in [-0.4, -0.2) is 18.4 Å². The largest absolute Gasteiger partial charge is 0.314 e. The Morgan fingerprint density at radius 1 is 1.44 bits per heavy atom. The fourth-order valence-corrected chi connectivity index (χ4v) is 2.56. The standard InChI is InChI=1S/C13H16BrNO/c14-13-6-2-1-4-10(13)8-12(16)9-11-5-3-7-15-11/h1-2,4,6,11,15H,3,5,7-9H2. The first-order valence-corrected chi connectivity index (χ1v) is 6.53. The molecule has 2 nitrogen and oxygen atoms in total. The number of halogens is 1. The summed E-state index contributed by atoms with van der Waals surface area (Å²) in [5.41, 5.74) is 1.09. The molecule has 0 bridgehead atoms. The van der Waals surface area contributed by atoms with Gasteiger partial charge in [-0.3, -0.25) is 4.79 Å². The van der Waals surface area contributed by atoms with Gasteiger partial charge in [-0.25, -0.2) is 0 Å². The van der Waals surface area contributed by atoms with Gasteiger partial charge in [-0.15, -0.1) is 0 Å². The van der Waals surface area contributed by atoms with Crippen molar-refractivity contribution in [2.75, 3.05) is 6.54 Å². The van der Waals surface area contributed by atoms with Crippen LogP contribution in [0.2, 0.25) is 0 Å². The van der Waals surface area contributed by atoms with Gasteiger partial charge in [0.15, 0.2) is 0 Å². The summed E-state index contributed by atoms with van der Waals surface area (Å²) in [4.78, 5) is 11.9. The first-order valence-electron chi connectivity index (χ1n) is 5.74. The second-order valence-corrected chi connectivity index (χ2v) is 5.16. The van der Waals surface area contributed by atoms with E-state index in [4.69, 9.17) is 0 Å². The third-order valence-corrected chi connectivity index (χ3v) is 3.76. The Bertz CT molecular complexity index is 372. The molecule has 0 aromatic heterocycles. The van der Waals surface area contributed by atoms with E-state index in [1.165, 1.54) is 6.42 Å². The van der Waals surface area contributed by atoms with Crippen molar-refractivity contribution in [1.29, 1.82) is 0 Å². The van der Waals surface area contributed by atoms with Crippen LogP contribution < -0.4 is 5.32 Å². The molecule has 1 atom stereocenters. The lowest BCUT2D eigenvalue weighted by atomic mass is 10.0. The Balaban J connectivity index is 1.89. The van der Waals surface area contributed by atoms with Crippen molar-refractivity contribution < 1.29 is 4.79 Å². The van der Waals surface area contributed by atoms with Crippen molar-refractivity contribution in [2.45, 2.75) is 31.7 Å². The van der Waals surface area contributed by atoms with Gasteiger partial charge in [0.1, 0.15) is 5.78 Å². The van der Waals surface area contributed by atoms with Crippen LogP contribution in [0.15, 0.2) is 28.7 Å². The predicted octanol–water partition coefficient (Wildman–Crippen LogP) is 2.70. The van der Waals surface area contributed by atoms with Crippen LogP contribution in [-0.2, 0) is 11.2 Å². The molecule has 2 rings (SSSR count).